The summed E-state index contributed by atoms with van der Waals surface area (Å²) in [6.45, 7) is 1.94. The van der Waals surface area contributed by atoms with Gasteiger partial charge in [-0.3, -0.25) is 0 Å². The average Bonchev–Trinajstić information content (AvgIpc) is 2.37. The second-order valence-corrected chi connectivity index (χ2v) is 4.04. The Labute approximate surface area is 110 Å². The van der Waals surface area contributed by atoms with Gasteiger partial charge < -0.3 is 4.74 Å². The highest BCUT2D eigenvalue weighted by Crippen LogP contribution is 2.25. The van der Waals surface area contributed by atoms with Crippen LogP contribution in [0.15, 0.2) is 24.3 Å². The molecule has 0 aliphatic carbocycles. The van der Waals surface area contributed by atoms with E-state index in [2.05, 4.69) is 9.97 Å². The zero-order chi connectivity index (χ0) is 13.1. The third kappa shape index (κ3) is 2.41. The van der Waals surface area contributed by atoms with Crippen molar-refractivity contribution in [2.24, 2.45) is 0 Å². The molecular weight excluding hydrogens is 250 g/mol. The molecule has 18 heavy (non-hydrogen) atoms. The molecule has 1 aromatic heterocycles. The van der Waals surface area contributed by atoms with Crippen molar-refractivity contribution in [2.45, 2.75) is 6.92 Å². The molecule has 0 radical (unpaired) electrons. The summed E-state index contributed by atoms with van der Waals surface area (Å²) in [6, 6.07) is 9.21. The summed E-state index contributed by atoms with van der Waals surface area (Å²) >= 11 is 5.78. The lowest BCUT2D eigenvalue weighted by Crippen LogP contribution is -1.93. The summed E-state index contributed by atoms with van der Waals surface area (Å²) < 4.78 is 5.19. The minimum absolute atomic E-state index is 0.0671. The van der Waals surface area contributed by atoms with Crippen molar-refractivity contribution in [3.05, 3.63) is 40.8 Å². The molecule has 0 bridgehead atoms. The van der Waals surface area contributed by atoms with Gasteiger partial charge in [0.1, 0.15) is 17.5 Å². The summed E-state index contributed by atoms with van der Waals surface area (Å²) in [5.41, 5.74) is 2.73. The van der Waals surface area contributed by atoms with Gasteiger partial charge in [-0.25, -0.2) is 9.97 Å². The molecule has 0 atom stereocenters. The lowest BCUT2D eigenvalue weighted by Gasteiger charge is -2.07. The highest BCUT2D eigenvalue weighted by molar-refractivity contribution is 6.28. The summed E-state index contributed by atoms with van der Waals surface area (Å²) in [5.74, 6) is 0.805. The number of nitriles is 1. The first-order valence-corrected chi connectivity index (χ1v) is 5.61. The Morgan fingerprint density at radius 2 is 2.06 bits per heavy atom. The van der Waals surface area contributed by atoms with Crippen LogP contribution < -0.4 is 4.74 Å². The zero-order valence-electron chi connectivity index (χ0n) is 9.94. The Hall–Kier alpha value is -2.12. The van der Waals surface area contributed by atoms with Crippen LogP contribution in [0.1, 0.15) is 11.3 Å². The van der Waals surface area contributed by atoms with Crippen molar-refractivity contribution in [3.63, 3.8) is 0 Å². The molecule has 0 spiro atoms. The smallest absolute Gasteiger partial charge is 0.224 e. The molecule has 1 aromatic carbocycles. The first-order chi connectivity index (χ1) is 8.63. The quantitative estimate of drug-likeness (QED) is 0.778. The van der Waals surface area contributed by atoms with Gasteiger partial charge in [-0.15, -0.1) is 0 Å². The molecule has 0 saturated carbocycles. The van der Waals surface area contributed by atoms with E-state index in [1.165, 1.54) is 0 Å². The highest BCUT2D eigenvalue weighted by atomic mass is 35.5. The minimum atomic E-state index is 0.0671. The summed E-state index contributed by atoms with van der Waals surface area (Å²) in [5, 5.41) is 8.92. The fourth-order valence-corrected chi connectivity index (χ4v) is 1.84. The molecule has 90 valence electrons. The topological polar surface area (TPSA) is 58.8 Å². The monoisotopic (exact) mass is 259 g/mol. The van der Waals surface area contributed by atoms with Crippen LogP contribution in [0.3, 0.4) is 0 Å². The van der Waals surface area contributed by atoms with E-state index in [0.29, 0.717) is 5.69 Å². The molecule has 5 heteroatoms. The summed E-state index contributed by atoms with van der Waals surface area (Å²) in [7, 11) is 1.62. The predicted octanol–water partition coefficient (Wildman–Crippen LogP) is 2.99. The standard InChI is InChI=1S/C13H10ClN3O/c1-8-5-9(3-4-12(8)18-2)11-6-10(7-15)16-13(14)17-11/h3-6H,1-2H3. The molecule has 0 aliphatic heterocycles. The van der Waals surface area contributed by atoms with Gasteiger partial charge in [0.05, 0.1) is 12.8 Å². The molecule has 2 aromatic rings. The van der Waals surface area contributed by atoms with Crippen molar-refractivity contribution in [2.75, 3.05) is 7.11 Å². The number of aryl methyl sites for hydroxylation is 1. The van der Waals surface area contributed by atoms with Crippen molar-refractivity contribution in [1.29, 1.82) is 5.26 Å². The fourth-order valence-electron chi connectivity index (χ4n) is 1.66. The van der Waals surface area contributed by atoms with E-state index in [-0.39, 0.29) is 11.0 Å². The van der Waals surface area contributed by atoms with Gasteiger partial charge in [0.15, 0.2) is 0 Å². The van der Waals surface area contributed by atoms with E-state index in [9.17, 15) is 0 Å². The lowest BCUT2D eigenvalue weighted by atomic mass is 10.1. The lowest BCUT2D eigenvalue weighted by molar-refractivity contribution is 0.412. The number of methoxy groups -OCH3 is 1. The third-order valence-electron chi connectivity index (χ3n) is 2.50. The number of ether oxygens (including phenoxy) is 1. The van der Waals surface area contributed by atoms with Crippen LogP contribution in [0.5, 0.6) is 5.75 Å². The van der Waals surface area contributed by atoms with Gasteiger partial charge in [-0.1, -0.05) is 0 Å². The van der Waals surface area contributed by atoms with Gasteiger partial charge in [0.2, 0.25) is 5.28 Å². The Bertz CT molecular complexity index is 635. The Balaban J connectivity index is 2.52. The van der Waals surface area contributed by atoms with E-state index < -0.39 is 0 Å². The highest BCUT2D eigenvalue weighted by Gasteiger charge is 2.07. The molecule has 0 N–H and O–H groups in total. The van der Waals surface area contributed by atoms with E-state index >= 15 is 0 Å². The number of nitrogens with zero attached hydrogens (tertiary/aromatic N) is 3. The van der Waals surface area contributed by atoms with Crippen molar-refractivity contribution in [1.82, 2.24) is 9.97 Å². The Kier molecular flexibility index (Phi) is 3.45. The third-order valence-corrected chi connectivity index (χ3v) is 2.67. The van der Waals surface area contributed by atoms with Crippen LogP contribution in [0.25, 0.3) is 11.3 Å². The zero-order valence-corrected chi connectivity index (χ0v) is 10.7. The normalized spacial score (nSPS) is 9.89. The fraction of sp³-hybridized carbons (Fsp3) is 0.154. The molecule has 4 nitrogen and oxygen atoms in total. The van der Waals surface area contributed by atoms with E-state index in [0.717, 1.165) is 16.9 Å². The maximum absolute atomic E-state index is 8.85. The van der Waals surface area contributed by atoms with Crippen LogP contribution in [0.2, 0.25) is 5.28 Å². The second kappa shape index (κ2) is 5.03. The predicted molar refractivity (Wildman–Crippen MR) is 68.5 cm³/mol. The molecule has 0 fully saturated rings. The van der Waals surface area contributed by atoms with Crippen LogP contribution in [-0.4, -0.2) is 17.1 Å². The van der Waals surface area contributed by atoms with Gasteiger partial charge in [-0.05, 0) is 42.3 Å². The first-order valence-electron chi connectivity index (χ1n) is 5.23. The molecule has 0 aliphatic rings. The minimum Gasteiger partial charge on any atom is -0.496 e. The maximum Gasteiger partial charge on any atom is 0.224 e. The number of hydrogen-bond acceptors (Lipinski definition) is 4. The van der Waals surface area contributed by atoms with Crippen molar-refractivity contribution in [3.8, 4) is 23.1 Å². The molecule has 0 saturated heterocycles. The van der Waals surface area contributed by atoms with E-state index in [1.54, 1.807) is 13.2 Å². The van der Waals surface area contributed by atoms with Crippen LogP contribution in [0.4, 0.5) is 0 Å². The van der Waals surface area contributed by atoms with Crippen molar-refractivity contribution < 1.29 is 4.74 Å². The SMILES string of the molecule is COc1ccc(-c2cc(C#N)nc(Cl)n2)cc1C. The molecule has 2 rings (SSSR count). The van der Waals surface area contributed by atoms with Crippen molar-refractivity contribution >= 4 is 11.6 Å². The van der Waals surface area contributed by atoms with E-state index in [1.807, 2.05) is 31.2 Å². The summed E-state index contributed by atoms with van der Waals surface area (Å²) in [4.78, 5) is 7.91. The number of hydrogen-bond donors (Lipinski definition) is 0. The van der Waals surface area contributed by atoms with Gasteiger partial charge in [0, 0.05) is 11.6 Å². The molecule has 0 unspecified atom stereocenters. The number of benzene rings is 1. The van der Waals surface area contributed by atoms with Crippen LogP contribution >= 0.6 is 11.6 Å². The van der Waals surface area contributed by atoms with E-state index in [4.69, 9.17) is 21.6 Å². The van der Waals surface area contributed by atoms with Gasteiger partial charge >= 0.3 is 0 Å². The van der Waals surface area contributed by atoms with Gasteiger partial charge in [-0.2, -0.15) is 5.26 Å². The largest absolute Gasteiger partial charge is 0.496 e. The molecule has 0 amide bonds. The second-order valence-electron chi connectivity index (χ2n) is 3.70. The Morgan fingerprint density at radius 1 is 1.28 bits per heavy atom. The average molecular weight is 260 g/mol. The molecular formula is C13H10ClN3O. The number of halogens is 1. The number of aromatic nitrogens is 2. The Morgan fingerprint density at radius 3 is 2.67 bits per heavy atom. The first kappa shape index (κ1) is 12.3. The van der Waals surface area contributed by atoms with Crippen LogP contribution in [-0.2, 0) is 0 Å². The van der Waals surface area contributed by atoms with Gasteiger partial charge in [0.25, 0.3) is 0 Å². The summed E-state index contributed by atoms with van der Waals surface area (Å²) in [6.07, 6.45) is 0. The van der Waals surface area contributed by atoms with Crippen LogP contribution in [0, 0.1) is 18.3 Å². The number of rotatable bonds is 2. The maximum atomic E-state index is 8.85. The molecule has 1 heterocycles.